The SMILES string of the molecule is C=CCC1CCCNC1(CC=C)CC=C. The third-order valence-electron chi connectivity index (χ3n) is 3.46. The van der Waals surface area contributed by atoms with Crippen LogP contribution in [0.15, 0.2) is 38.0 Å². The minimum absolute atomic E-state index is 0.190. The second-order valence-electron chi connectivity index (χ2n) is 4.43. The molecule has 84 valence electrons. The lowest BCUT2D eigenvalue weighted by molar-refractivity contribution is 0.161. The maximum absolute atomic E-state index is 3.88. The van der Waals surface area contributed by atoms with E-state index in [0.29, 0.717) is 5.92 Å². The van der Waals surface area contributed by atoms with Gasteiger partial charge in [-0.25, -0.2) is 0 Å². The van der Waals surface area contributed by atoms with Crippen LogP contribution < -0.4 is 5.32 Å². The molecule has 1 heteroatoms. The first-order valence-corrected chi connectivity index (χ1v) is 5.87. The van der Waals surface area contributed by atoms with Gasteiger partial charge in [-0.1, -0.05) is 18.2 Å². The van der Waals surface area contributed by atoms with Crippen LogP contribution in [0.2, 0.25) is 0 Å². The zero-order valence-corrected chi connectivity index (χ0v) is 9.67. The highest BCUT2D eigenvalue weighted by atomic mass is 15.0. The van der Waals surface area contributed by atoms with Crippen molar-refractivity contribution in [1.29, 1.82) is 0 Å². The van der Waals surface area contributed by atoms with E-state index in [1.165, 1.54) is 12.8 Å². The summed E-state index contributed by atoms with van der Waals surface area (Å²) in [6.07, 6.45) is 11.8. The van der Waals surface area contributed by atoms with E-state index in [4.69, 9.17) is 0 Å². The van der Waals surface area contributed by atoms with Crippen molar-refractivity contribution in [3.8, 4) is 0 Å². The van der Waals surface area contributed by atoms with Crippen LogP contribution in [-0.2, 0) is 0 Å². The van der Waals surface area contributed by atoms with Crippen LogP contribution in [-0.4, -0.2) is 12.1 Å². The molecule has 0 amide bonds. The Morgan fingerprint density at radius 2 is 1.80 bits per heavy atom. The maximum Gasteiger partial charge on any atom is 0.0281 e. The van der Waals surface area contributed by atoms with Crippen LogP contribution >= 0.6 is 0 Å². The summed E-state index contributed by atoms with van der Waals surface area (Å²) in [4.78, 5) is 0. The van der Waals surface area contributed by atoms with Crippen molar-refractivity contribution in [1.82, 2.24) is 5.32 Å². The predicted molar refractivity (Wildman–Crippen MR) is 67.9 cm³/mol. The van der Waals surface area contributed by atoms with Crippen molar-refractivity contribution in [2.24, 2.45) is 5.92 Å². The van der Waals surface area contributed by atoms with E-state index in [-0.39, 0.29) is 5.54 Å². The summed E-state index contributed by atoms with van der Waals surface area (Å²) in [5.41, 5.74) is 0.190. The molecule has 1 aliphatic rings. The minimum Gasteiger partial charge on any atom is -0.310 e. The fraction of sp³-hybridized carbons (Fsp3) is 0.571. The van der Waals surface area contributed by atoms with E-state index in [0.717, 1.165) is 25.8 Å². The fourth-order valence-corrected chi connectivity index (χ4v) is 2.73. The summed E-state index contributed by atoms with van der Waals surface area (Å²) in [5, 5.41) is 3.68. The lowest BCUT2D eigenvalue weighted by atomic mass is 9.72. The van der Waals surface area contributed by atoms with Crippen molar-refractivity contribution in [3.05, 3.63) is 38.0 Å². The van der Waals surface area contributed by atoms with E-state index in [1.807, 2.05) is 18.2 Å². The van der Waals surface area contributed by atoms with Gasteiger partial charge in [0.1, 0.15) is 0 Å². The van der Waals surface area contributed by atoms with E-state index in [2.05, 4.69) is 25.1 Å². The molecular weight excluding hydrogens is 182 g/mol. The van der Waals surface area contributed by atoms with Crippen LogP contribution in [0.3, 0.4) is 0 Å². The molecule has 1 rings (SSSR count). The number of piperidine rings is 1. The van der Waals surface area contributed by atoms with Crippen LogP contribution in [0.25, 0.3) is 0 Å². The summed E-state index contributed by atoms with van der Waals surface area (Å²) >= 11 is 0. The normalized spacial score (nSPS) is 24.4. The molecule has 1 aliphatic heterocycles. The van der Waals surface area contributed by atoms with Crippen molar-refractivity contribution >= 4 is 0 Å². The molecule has 0 aliphatic carbocycles. The molecule has 1 unspecified atom stereocenters. The topological polar surface area (TPSA) is 12.0 Å². The van der Waals surface area contributed by atoms with Crippen molar-refractivity contribution < 1.29 is 0 Å². The molecule has 1 heterocycles. The smallest absolute Gasteiger partial charge is 0.0281 e. The lowest BCUT2D eigenvalue weighted by Crippen LogP contribution is -2.54. The molecule has 0 aromatic heterocycles. The molecule has 0 aromatic carbocycles. The first-order valence-electron chi connectivity index (χ1n) is 5.87. The van der Waals surface area contributed by atoms with Gasteiger partial charge in [0.2, 0.25) is 0 Å². The molecule has 0 radical (unpaired) electrons. The van der Waals surface area contributed by atoms with Gasteiger partial charge in [-0.15, -0.1) is 19.7 Å². The Balaban J connectivity index is 2.81. The minimum atomic E-state index is 0.190. The number of allylic oxidation sites excluding steroid dienone is 1. The lowest BCUT2D eigenvalue weighted by Gasteiger charge is -2.44. The largest absolute Gasteiger partial charge is 0.310 e. The van der Waals surface area contributed by atoms with Crippen LogP contribution in [0.5, 0.6) is 0 Å². The molecule has 1 atom stereocenters. The Kier molecular flexibility index (Phi) is 4.83. The van der Waals surface area contributed by atoms with Crippen molar-refractivity contribution in [2.75, 3.05) is 6.54 Å². The molecular formula is C14H23N. The first kappa shape index (κ1) is 12.3. The average molecular weight is 205 g/mol. The molecule has 1 saturated heterocycles. The Morgan fingerprint density at radius 1 is 1.13 bits per heavy atom. The zero-order chi connectivity index (χ0) is 11.1. The van der Waals surface area contributed by atoms with Gasteiger partial charge in [0.15, 0.2) is 0 Å². The number of hydrogen-bond donors (Lipinski definition) is 1. The highest BCUT2D eigenvalue weighted by molar-refractivity contribution is 5.05. The van der Waals surface area contributed by atoms with Gasteiger partial charge in [0.25, 0.3) is 0 Å². The van der Waals surface area contributed by atoms with Gasteiger partial charge in [-0.05, 0) is 44.6 Å². The number of nitrogens with one attached hydrogen (secondary N) is 1. The Hall–Kier alpha value is -0.820. The Bertz CT molecular complexity index is 219. The van der Waals surface area contributed by atoms with Gasteiger partial charge in [0.05, 0.1) is 0 Å². The van der Waals surface area contributed by atoms with Gasteiger partial charge < -0.3 is 5.32 Å². The molecule has 1 N–H and O–H groups in total. The van der Waals surface area contributed by atoms with Gasteiger partial charge in [-0.2, -0.15) is 0 Å². The summed E-state index contributed by atoms with van der Waals surface area (Å²) < 4.78 is 0. The average Bonchev–Trinajstić information content (AvgIpc) is 2.23. The molecule has 0 saturated carbocycles. The standard InChI is InChI=1S/C14H23N/c1-4-8-13-9-7-12-15-14(13,10-5-2)11-6-3/h4-6,13,15H,1-3,7-12H2. The highest BCUT2D eigenvalue weighted by Gasteiger charge is 2.37. The summed E-state index contributed by atoms with van der Waals surface area (Å²) in [6.45, 7) is 12.7. The zero-order valence-electron chi connectivity index (χ0n) is 9.67. The van der Waals surface area contributed by atoms with Crippen molar-refractivity contribution in [2.45, 2.75) is 37.6 Å². The monoisotopic (exact) mass is 205 g/mol. The molecule has 0 bridgehead atoms. The van der Waals surface area contributed by atoms with Gasteiger partial charge in [0, 0.05) is 5.54 Å². The van der Waals surface area contributed by atoms with Crippen LogP contribution in [0.4, 0.5) is 0 Å². The van der Waals surface area contributed by atoms with Crippen molar-refractivity contribution in [3.63, 3.8) is 0 Å². The van der Waals surface area contributed by atoms with Crippen LogP contribution in [0, 0.1) is 5.92 Å². The third kappa shape index (κ3) is 2.82. The number of rotatable bonds is 6. The van der Waals surface area contributed by atoms with Gasteiger partial charge in [-0.3, -0.25) is 0 Å². The maximum atomic E-state index is 3.88. The molecule has 15 heavy (non-hydrogen) atoms. The molecule has 0 spiro atoms. The Morgan fingerprint density at radius 3 is 2.33 bits per heavy atom. The fourth-order valence-electron chi connectivity index (χ4n) is 2.73. The van der Waals surface area contributed by atoms with E-state index >= 15 is 0 Å². The first-order chi connectivity index (χ1) is 7.29. The molecule has 1 fully saturated rings. The summed E-state index contributed by atoms with van der Waals surface area (Å²) in [6, 6.07) is 0. The summed E-state index contributed by atoms with van der Waals surface area (Å²) in [7, 11) is 0. The molecule has 1 nitrogen and oxygen atoms in total. The third-order valence-corrected chi connectivity index (χ3v) is 3.46. The predicted octanol–water partition coefficient (Wildman–Crippen LogP) is 3.45. The van der Waals surface area contributed by atoms with E-state index in [1.54, 1.807) is 0 Å². The van der Waals surface area contributed by atoms with Gasteiger partial charge >= 0.3 is 0 Å². The van der Waals surface area contributed by atoms with E-state index < -0.39 is 0 Å². The summed E-state index contributed by atoms with van der Waals surface area (Å²) in [5.74, 6) is 0.680. The van der Waals surface area contributed by atoms with E-state index in [9.17, 15) is 0 Å². The highest BCUT2D eigenvalue weighted by Crippen LogP contribution is 2.35. The second kappa shape index (κ2) is 5.92. The Labute approximate surface area is 94.0 Å². The molecule has 0 aromatic rings. The van der Waals surface area contributed by atoms with Crippen LogP contribution in [0.1, 0.15) is 32.1 Å². The second-order valence-corrected chi connectivity index (χ2v) is 4.43. The number of hydrogen-bond acceptors (Lipinski definition) is 1. The quantitative estimate of drug-likeness (QED) is 0.655.